The number of rotatable bonds is 3. The smallest absolute Gasteiger partial charge is 0.274 e. The van der Waals surface area contributed by atoms with Crippen molar-refractivity contribution in [1.29, 1.82) is 0 Å². The zero-order valence-corrected chi connectivity index (χ0v) is 13.4. The molecule has 0 spiro atoms. The van der Waals surface area contributed by atoms with Gasteiger partial charge in [0.15, 0.2) is 0 Å². The SMILES string of the molecule is Cc1cc(O)c(C[NH+]2CCN(c3cccc[nH+]3)CC2)cc1C. The minimum absolute atomic E-state index is 0.439. The second kappa shape index (κ2) is 6.36. The van der Waals surface area contributed by atoms with E-state index in [1.807, 2.05) is 25.3 Å². The Kier molecular flexibility index (Phi) is 4.29. The van der Waals surface area contributed by atoms with Crippen LogP contribution in [0, 0.1) is 13.8 Å². The second-order valence-electron chi connectivity index (χ2n) is 6.23. The molecule has 1 aromatic heterocycles. The summed E-state index contributed by atoms with van der Waals surface area (Å²) in [5.74, 6) is 1.63. The van der Waals surface area contributed by atoms with Crippen LogP contribution in [-0.4, -0.2) is 31.3 Å². The van der Waals surface area contributed by atoms with Crippen LogP contribution in [0.15, 0.2) is 36.5 Å². The van der Waals surface area contributed by atoms with E-state index in [0.717, 1.165) is 43.9 Å². The number of pyridine rings is 1. The van der Waals surface area contributed by atoms with Crippen LogP contribution >= 0.6 is 0 Å². The third kappa shape index (κ3) is 3.22. The van der Waals surface area contributed by atoms with Crippen LogP contribution in [0.25, 0.3) is 0 Å². The van der Waals surface area contributed by atoms with Gasteiger partial charge in [-0.15, -0.1) is 0 Å². The van der Waals surface area contributed by atoms with Crippen molar-refractivity contribution in [3.05, 3.63) is 53.2 Å². The molecular weight excluding hydrogens is 274 g/mol. The molecule has 0 bridgehead atoms. The van der Waals surface area contributed by atoms with Crippen LogP contribution < -0.4 is 14.8 Å². The number of aryl methyl sites for hydroxylation is 2. The number of benzene rings is 1. The lowest BCUT2D eigenvalue weighted by Crippen LogP contribution is -3.13. The third-order valence-corrected chi connectivity index (χ3v) is 4.64. The quantitative estimate of drug-likeness (QED) is 0.877. The van der Waals surface area contributed by atoms with Gasteiger partial charge in [-0.1, -0.05) is 6.07 Å². The molecule has 0 radical (unpaired) electrons. The maximum atomic E-state index is 10.1. The van der Waals surface area contributed by atoms with Crippen LogP contribution in [0.4, 0.5) is 5.82 Å². The maximum Gasteiger partial charge on any atom is 0.274 e. The first-order chi connectivity index (χ1) is 10.6. The maximum absolute atomic E-state index is 10.1. The third-order valence-electron chi connectivity index (χ3n) is 4.64. The first kappa shape index (κ1) is 14.9. The monoisotopic (exact) mass is 299 g/mol. The number of anilines is 1. The van der Waals surface area contributed by atoms with Gasteiger partial charge in [0, 0.05) is 11.6 Å². The zero-order valence-electron chi connectivity index (χ0n) is 13.4. The number of nitrogens with zero attached hydrogens (tertiary/aromatic N) is 1. The molecule has 1 saturated heterocycles. The van der Waals surface area contributed by atoms with Gasteiger partial charge in [0.25, 0.3) is 5.82 Å². The fourth-order valence-corrected chi connectivity index (χ4v) is 3.09. The lowest BCUT2D eigenvalue weighted by atomic mass is 10.0. The Bertz CT molecular complexity index is 634. The van der Waals surface area contributed by atoms with Gasteiger partial charge in [0.05, 0.1) is 6.20 Å². The van der Waals surface area contributed by atoms with Gasteiger partial charge in [-0.05, 0) is 43.2 Å². The number of aromatic amines is 1. The Morgan fingerprint density at radius 2 is 1.86 bits per heavy atom. The van der Waals surface area contributed by atoms with Crippen molar-refractivity contribution < 1.29 is 15.0 Å². The lowest BCUT2D eigenvalue weighted by Gasteiger charge is -2.28. The van der Waals surface area contributed by atoms with Gasteiger partial charge >= 0.3 is 0 Å². The molecule has 1 aliphatic heterocycles. The molecule has 1 aromatic carbocycles. The molecule has 2 aromatic rings. The van der Waals surface area contributed by atoms with Gasteiger partial charge in [-0.3, -0.25) is 4.90 Å². The molecular formula is C18H25N3O+2. The van der Waals surface area contributed by atoms with Crippen molar-refractivity contribution >= 4 is 5.82 Å². The highest BCUT2D eigenvalue weighted by Gasteiger charge is 2.26. The number of quaternary nitrogens is 1. The topological polar surface area (TPSA) is 42.1 Å². The summed E-state index contributed by atoms with van der Waals surface area (Å²) in [5.41, 5.74) is 3.48. The average Bonchev–Trinajstić information content (AvgIpc) is 2.54. The Hall–Kier alpha value is -2.07. The molecule has 4 nitrogen and oxygen atoms in total. The summed E-state index contributed by atoms with van der Waals surface area (Å²) >= 11 is 0. The number of phenols is 1. The number of H-pyrrole nitrogens is 1. The number of hydrogen-bond acceptors (Lipinski definition) is 2. The highest BCUT2D eigenvalue weighted by atomic mass is 16.3. The molecule has 1 fully saturated rings. The predicted molar refractivity (Wildman–Crippen MR) is 87.2 cm³/mol. The molecule has 0 unspecified atom stereocenters. The highest BCUT2D eigenvalue weighted by Crippen LogP contribution is 2.21. The predicted octanol–water partition coefficient (Wildman–Crippen LogP) is 0.728. The molecule has 0 saturated carbocycles. The molecule has 22 heavy (non-hydrogen) atoms. The zero-order chi connectivity index (χ0) is 15.5. The van der Waals surface area contributed by atoms with Gasteiger partial charge in [0.2, 0.25) is 0 Å². The number of piperazine rings is 1. The van der Waals surface area contributed by atoms with E-state index in [-0.39, 0.29) is 0 Å². The van der Waals surface area contributed by atoms with Crippen molar-refractivity contribution in [3.63, 3.8) is 0 Å². The Morgan fingerprint density at radius 3 is 2.55 bits per heavy atom. The van der Waals surface area contributed by atoms with Gasteiger partial charge in [-0.2, -0.15) is 0 Å². The minimum atomic E-state index is 0.439. The van der Waals surface area contributed by atoms with Crippen molar-refractivity contribution in [1.82, 2.24) is 0 Å². The fourth-order valence-electron chi connectivity index (χ4n) is 3.09. The first-order valence-electron chi connectivity index (χ1n) is 7.98. The van der Waals surface area contributed by atoms with Gasteiger partial charge in [-0.25, -0.2) is 4.98 Å². The number of phenolic OH excluding ortho intramolecular Hbond substituents is 1. The molecule has 0 amide bonds. The summed E-state index contributed by atoms with van der Waals surface area (Å²) in [5, 5.41) is 10.1. The van der Waals surface area contributed by atoms with Crippen molar-refractivity contribution in [3.8, 4) is 5.75 Å². The van der Waals surface area contributed by atoms with E-state index in [9.17, 15) is 5.11 Å². The van der Waals surface area contributed by atoms with Crippen LogP contribution in [0.5, 0.6) is 5.75 Å². The molecule has 3 N–H and O–H groups in total. The summed E-state index contributed by atoms with van der Waals surface area (Å²) in [7, 11) is 0. The first-order valence-corrected chi connectivity index (χ1v) is 7.98. The van der Waals surface area contributed by atoms with Crippen LogP contribution in [-0.2, 0) is 6.54 Å². The Morgan fingerprint density at radius 1 is 1.14 bits per heavy atom. The molecule has 1 aliphatic rings. The van der Waals surface area contributed by atoms with E-state index in [1.165, 1.54) is 16.3 Å². The normalized spacial score (nSPS) is 16.0. The van der Waals surface area contributed by atoms with Gasteiger partial charge < -0.3 is 10.0 Å². The van der Waals surface area contributed by atoms with Crippen LogP contribution in [0.2, 0.25) is 0 Å². The molecule has 4 heteroatoms. The van der Waals surface area contributed by atoms with Crippen LogP contribution in [0.1, 0.15) is 16.7 Å². The van der Waals surface area contributed by atoms with E-state index < -0.39 is 0 Å². The molecule has 116 valence electrons. The summed E-state index contributed by atoms with van der Waals surface area (Å²) < 4.78 is 0. The summed E-state index contributed by atoms with van der Waals surface area (Å²) in [6, 6.07) is 10.2. The summed E-state index contributed by atoms with van der Waals surface area (Å²) in [6.07, 6.45) is 1.97. The van der Waals surface area contributed by atoms with Gasteiger partial charge in [0.1, 0.15) is 38.5 Å². The van der Waals surface area contributed by atoms with E-state index in [2.05, 4.69) is 35.0 Å². The number of aromatic hydroxyl groups is 1. The molecule has 2 heterocycles. The summed E-state index contributed by atoms with van der Waals surface area (Å²) in [4.78, 5) is 7.23. The van der Waals surface area contributed by atoms with Crippen molar-refractivity contribution in [2.75, 3.05) is 31.1 Å². The Balaban J connectivity index is 1.62. The fraction of sp³-hybridized carbons (Fsp3) is 0.389. The number of nitrogens with one attached hydrogen (secondary N) is 2. The number of aromatic nitrogens is 1. The van der Waals surface area contributed by atoms with E-state index >= 15 is 0 Å². The van der Waals surface area contributed by atoms with Crippen LogP contribution in [0.3, 0.4) is 0 Å². The van der Waals surface area contributed by atoms with E-state index in [0.29, 0.717) is 5.75 Å². The van der Waals surface area contributed by atoms with E-state index in [4.69, 9.17) is 0 Å². The Labute approximate surface area is 132 Å². The molecule has 3 rings (SSSR count). The largest absolute Gasteiger partial charge is 0.507 e. The van der Waals surface area contributed by atoms with Crippen molar-refractivity contribution in [2.24, 2.45) is 0 Å². The van der Waals surface area contributed by atoms with Crippen molar-refractivity contribution in [2.45, 2.75) is 20.4 Å². The highest BCUT2D eigenvalue weighted by molar-refractivity contribution is 5.40. The standard InChI is InChI=1S/C18H23N3O/c1-14-11-16(17(22)12-15(14)2)13-20-7-9-21(10-8-20)18-5-3-4-6-19-18/h3-6,11-12,22H,7-10,13H2,1-2H3/p+2. The lowest BCUT2D eigenvalue weighted by molar-refractivity contribution is -0.914. The van der Waals surface area contributed by atoms with E-state index in [1.54, 1.807) is 0 Å². The molecule has 0 aliphatic carbocycles. The summed E-state index contributed by atoms with van der Waals surface area (Å²) in [6.45, 7) is 9.32. The average molecular weight is 299 g/mol. The minimum Gasteiger partial charge on any atom is -0.507 e. The molecule has 0 atom stereocenters. The number of hydrogen-bond donors (Lipinski definition) is 2. The second-order valence-corrected chi connectivity index (χ2v) is 6.23.